The highest BCUT2D eigenvalue weighted by atomic mass is 16.5. The molecular formula is C22H24N6O3. The van der Waals surface area contributed by atoms with Crippen molar-refractivity contribution in [2.45, 2.75) is 32.0 Å². The number of para-hydroxylation sites is 1. The summed E-state index contributed by atoms with van der Waals surface area (Å²) < 4.78 is 8.83. The molecule has 1 fully saturated rings. The number of hydrogen-bond donors (Lipinski definition) is 1. The average Bonchev–Trinajstić information content (AvgIpc) is 3.40. The van der Waals surface area contributed by atoms with E-state index in [-0.39, 0.29) is 17.4 Å². The van der Waals surface area contributed by atoms with E-state index in [1.165, 1.54) is 9.08 Å². The van der Waals surface area contributed by atoms with Gasteiger partial charge in [-0.25, -0.2) is 14.5 Å². The molecule has 0 radical (unpaired) electrons. The minimum atomic E-state index is -0.162. The lowest BCUT2D eigenvalue weighted by Crippen LogP contribution is -2.37. The molecule has 0 saturated carbocycles. The highest BCUT2D eigenvalue weighted by Gasteiger charge is 2.21. The van der Waals surface area contributed by atoms with Crippen LogP contribution >= 0.6 is 0 Å². The molecule has 1 saturated heterocycles. The Labute approximate surface area is 177 Å². The Morgan fingerprint density at radius 2 is 2.03 bits per heavy atom. The highest BCUT2D eigenvalue weighted by Crippen LogP contribution is 2.15. The zero-order chi connectivity index (χ0) is 21.2. The molecule has 160 valence electrons. The van der Waals surface area contributed by atoms with Gasteiger partial charge in [0.05, 0.1) is 30.1 Å². The van der Waals surface area contributed by atoms with Crippen molar-refractivity contribution in [2.75, 3.05) is 19.7 Å². The minimum Gasteiger partial charge on any atom is -0.377 e. The lowest BCUT2D eigenvalue weighted by Gasteiger charge is -2.24. The first-order chi connectivity index (χ1) is 15.2. The number of hydrogen-bond acceptors (Lipinski definition) is 6. The Balaban J connectivity index is 1.38. The van der Waals surface area contributed by atoms with Crippen molar-refractivity contribution in [3.63, 3.8) is 0 Å². The van der Waals surface area contributed by atoms with Crippen molar-refractivity contribution in [1.82, 2.24) is 29.0 Å². The number of aromatic amines is 1. The lowest BCUT2D eigenvalue weighted by atomic mass is 10.2. The zero-order valence-corrected chi connectivity index (χ0v) is 17.1. The van der Waals surface area contributed by atoms with E-state index in [1.807, 2.05) is 36.4 Å². The summed E-state index contributed by atoms with van der Waals surface area (Å²) in [5, 5.41) is 4.99. The molecule has 9 heteroatoms. The van der Waals surface area contributed by atoms with Crippen molar-refractivity contribution >= 4 is 16.6 Å². The number of nitrogens with one attached hydrogen (secondary N) is 1. The normalized spacial score (nSPS) is 16.6. The summed E-state index contributed by atoms with van der Waals surface area (Å²) in [5.74, 6) is 0.601. The van der Waals surface area contributed by atoms with E-state index < -0.39 is 0 Å². The fraction of sp³-hybridized carbons (Fsp3) is 0.364. The molecule has 1 unspecified atom stereocenters. The van der Waals surface area contributed by atoms with E-state index >= 15 is 0 Å². The molecule has 1 aliphatic heterocycles. The molecule has 31 heavy (non-hydrogen) atoms. The average molecular weight is 420 g/mol. The Bertz CT molecular complexity index is 1320. The number of pyridine rings is 1. The Hall–Kier alpha value is -3.30. The Kier molecular flexibility index (Phi) is 5.35. The van der Waals surface area contributed by atoms with Crippen molar-refractivity contribution < 1.29 is 4.74 Å². The maximum absolute atomic E-state index is 12.6. The van der Waals surface area contributed by atoms with Crippen LogP contribution in [0.5, 0.6) is 0 Å². The summed E-state index contributed by atoms with van der Waals surface area (Å²) in [6.45, 7) is 2.96. The van der Waals surface area contributed by atoms with Crippen LogP contribution in [0.2, 0.25) is 0 Å². The van der Waals surface area contributed by atoms with E-state index in [9.17, 15) is 9.59 Å². The van der Waals surface area contributed by atoms with Crippen LogP contribution in [0.25, 0.3) is 16.6 Å². The van der Waals surface area contributed by atoms with Crippen LogP contribution in [-0.2, 0) is 17.8 Å². The van der Waals surface area contributed by atoms with E-state index in [0.717, 1.165) is 19.4 Å². The van der Waals surface area contributed by atoms with Crippen LogP contribution < -0.4 is 11.2 Å². The number of fused-ring (bicyclic) bond motifs is 2. The lowest BCUT2D eigenvalue weighted by molar-refractivity contribution is 0.0680. The first-order valence-electron chi connectivity index (χ1n) is 10.5. The van der Waals surface area contributed by atoms with Gasteiger partial charge in [-0.05, 0) is 37.1 Å². The fourth-order valence-electron chi connectivity index (χ4n) is 4.08. The second kappa shape index (κ2) is 8.44. The molecule has 0 bridgehead atoms. The van der Waals surface area contributed by atoms with Crippen molar-refractivity contribution in [3.8, 4) is 0 Å². The van der Waals surface area contributed by atoms with E-state index in [4.69, 9.17) is 4.74 Å². The number of rotatable bonds is 7. The smallest absolute Gasteiger partial charge is 0.350 e. The largest absolute Gasteiger partial charge is 0.377 e. The summed E-state index contributed by atoms with van der Waals surface area (Å²) >= 11 is 0. The van der Waals surface area contributed by atoms with Gasteiger partial charge in [-0.15, -0.1) is 5.10 Å². The number of nitrogens with zero attached hydrogens (tertiary/aromatic N) is 5. The summed E-state index contributed by atoms with van der Waals surface area (Å²) in [4.78, 5) is 34.7. The van der Waals surface area contributed by atoms with Crippen LogP contribution in [-0.4, -0.2) is 54.8 Å². The van der Waals surface area contributed by atoms with Crippen molar-refractivity contribution in [2.24, 2.45) is 0 Å². The van der Waals surface area contributed by atoms with Gasteiger partial charge in [0.15, 0.2) is 5.65 Å². The van der Waals surface area contributed by atoms with E-state index in [0.29, 0.717) is 48.6 Å². The van der Waals surface area contributed by atoms with Crippen LogP contribution in [0, 0.1) is 0 Å². The number of benzene rings is 1. The molecular weight excluding hydrogens is 396 g/mol. The summed E-state index contributed by atoms with van der Waals surface area (Å²) in [6, 6.07) is 12.8. The van der Waals surface area contributed by atoms with Gasteiger partial charge in [-0.1, -0.05) is 18.2 Å². The van der Waals surface area contributed by atoms with Gasteiger partial charge in [0.1, 0.15) is 5.82 Å². The summed E-state index contributed by atoms with van der Waals surface area (Å²) in [5.41, 5.74) is 0.993. The third-order valence-electron chi connectivity index (χ3n) is 5.64. The molecule has 0 aliphatic carbocycles. The first-order valence-corrected chi connectivity index (χ1v) is 10.5. The van der Waals surface area contributed by atoms with Gasteiger partial charge < -0.3 is 9.72 Å². The molecule has 0 amide bonds. The zero-order valence-electron chi connectivity index (χ0n) is 17.1. The van der Waals surface area contributed by atoms with Gasteiger partial charge in [-0.3, -0.25) is 14.1 Å². The first kappa shape index (κ1) is 19.7. The third-order valence-corrected chi connectivity index (χ3v) is 5.64. The van der Waals surface area contributed by atoms with Crippen LogP contribution in [0.3, 0.4) is 0 Å². The SMILES string of the molecule is O=c1[nH]c(CN(CCn2nc3ccccn3c2=O)CC2CCCO2)nc2ccccc12. The predicted octanol–water partition coefficient (Wildman–Crippen LogP) is 1.41. The maximum atomic E-state index is 12.6. The van der Waals surface area contributed by atoms with Crippen molar-refractivity contribution in [1.29, 1.82) is 0 Å². The maximum Gasteiger partial charge on any atom is 0.350 e. The van der Waals surface area contributed by atoms with Gasteiger partial charge in [0.25, 0.3) is 5.56 Å². The molecule has 3 aromatic heterocycles. The van der Waals surface area contributed by atoms with E-state index in [2.05, 4.69) is 20.0 Å². The standard InChI is InChI=1S/C22H24N6O3/c29-21-17-7-1-2-8-18(17)23-19(24-21)15-26(14-16-6-5-13-31-16)11-12-28-22(30)27-10-4-3-9-20(27)25-28/h1-4,7-10,16H,5-6,11-15H2,(H,23,24,29). The number of aromatic nitrogens is 5. The molecule has 1 atom stereocenters. The van der Waals surface area contributed by atoms with Gasteiger partial charge in [0, 0.05) is 25.9 Å². The molecule has 1 aromatic carbocycles. The van der Waals surface area contributed by atoms with Crippen molar-refractivity contribution in [3.05, 3.63) is 75.3 Å². The third kappa shape index (κ3) is 4.14. The second-order valence-electron chi connectivity index (χ2n) is 7.83. The van der Waals surface area contributed by atoms with Crippen LogP contribution in [0.4, 0.5) is 0 Å². The van der Waals surface area contributed by atoms with E-state index in [1.54, 1.807) is 12.3 Å². The molecule has 1 aliphatic rings. The quantitative estimate of drug-likeness (QED) is 0.486. The number of H-pyrrole nitrogens is 1. The van der Waals surface area contributed by atoms with Gasteiger partial charge in [-0.2, -0.15) is 0 Å². The molecule has 4 aromatic rings. The minimum absolute atomic E-state index is 0.143. The van der Waals surface area contributed by atoms with Crippen LogP contribution in [0.15, 0.2) is 58.3 Å². The predicted molar refractivity (Wildman–Crippen MR) is 116 cm³/mol. The summed E-state index contributed by atoms with van der Waals surface area (Å²) in [7, 11) is 0. The summed E-state index contributed by atoms with van der Waals surface area (Å²) in [6.07, 6.45) is 3.92. The Morgan fingerprint density at radius 3 is 2.87 bits per heavy atom. The Morgan fingerprint density at radius 1 is 1.16 bits per heavy atom. The van der Waals surface area contributed by atoms with Gasteiger partial charge >= 0.3 is 5.69 Å². The molecule has 4 heterocycles. The molecule has 5 rings (SSSR count). The second-order valence-corrected chi connectivity index (χ2v) is 7.83. The molecule has 9 nitrogen and oxygen atoms in total. The highest BCUT2D eigenvalue weighted by molar-refractivity contribution is 5.77. The van der Waals surface area contributed by atoms with Crippen LogP contribution in [0.1, 0.15) is 18.7 Å². The fourth-order valence-corrected chi connectivity index (χ4v) is 4.08. The number of ether oxygens (including phenoxy) is 1. The molecule has 1 N–H and O–H groups in total. The van der Waals surface area contributed by atoms with Gasteiger partial charge in [0.2, 0.25) is 0 Å². The monoisotopic (exact) mass is 420 g/mol. The molecule has 0 spiro atoms. The topological polar surface area (TPSA) is 97.5 Å².